The summed E-state index contributed by atoms with van der Waals surface area (Å²) >= 11 is 1.70. The van der Waals surface area contributed by atoms with E-state index in [1.165, 1.54) is 4.88 Å². The highest BCUT2D eigenvalue weighted by Crippen LogP contribution is 2.19. The largest absolute Gasteiger partial charge is 0.333 e. The Labute approximate surface area is 185 Å². The number of hydrogen-bond donors (Lipinski definition) is 1. The number of nitrogens with zero attached hydrogens (tertiary/aromatic N) is 2. The smallest absolute Gasteiger partial charge is 0.318 e. The SMILES string of the molecule is Cc1ccc(CN(Cc2ccccc2)C(=O)CN(CC(C)C)C(=O)NC(C)(C)C)s1. The third-order valence-corrected chi connectivity index (χ3v) is 5.38. The molecular formula is C24H35N3O2S. The maximum Gasteiger partial charge on any atom is 0.318 e. The van der Waals surface area contributed by atoms with Gasteiger partial charge in [0.1, 0.15) is 6.54 Å². The molecule has 6 heteroatoms. The van der Waals surface area contributed by atoms with Crippen LogP contribution < -0.4 is 5.32 Å². The number of nitrogens with one attached hydrogen (secondary N) is 1. The molecular weight excluding hydrogens is 394 g/mol. The van der Waals surface area contributed by atoms with Crippen molar-refractivity contribution < 1.29 is 9.59 Å². The van der Waals surface area contributed by atoms with E-state index in [4.69, 9.17) is 0 Å². The van der Waals surface area contributed by atoms with Crippen molar-refractivity contribution in [1.29, 1.82) is 0 Å². The number of carbonyl (C=O) groups excluding carboxylic acids is 2. The van der Waals surface area contributed by atoms with Crippen LogP contribution in [0.2, 0.25) is 0 Å². The van der Waals surface area contributed by atoms with Crippen molar-refractivity contribution in [2.45, 2.75) is 60.2 Å². The van der Waals surface area contributed by atoms with Crippen LogP contribution in [-0.2, 0) is 17.9 Å². The van der Waals surface area contributed by atoms with Gasteiger partial charge in [0.05, 0.1) is 6.54 Å². The highest BCUT2D eigenvalue weighted by atomic mass is 32.1. The lowest BCUT2D eigenvalue weighted by atomic mass is 10.1. The van der Waals surface area contributed by atoms with Crippen LogP contribution in [0.15, 0.2) is 42.5 Å². The topological polar surface area (TPSA) is 52.7 Å². The van der Waals surface area contributed by atoms with Gasteiger partial charge in [0, 0.05) is 28.4 Å². The summed E-state index contributed by atoms with van der Waals surface area (Å²) in [5, 5.41) is 2.99. The second-order valence-electron chi connectivity index (χ2n) is 9.20. The summed E-state index contributed by atoms with van der Waals surface area (Å²) in [5.74, 6) is 0.223. The van der Waals surface area contributed by atoms with Crippen LogP contribution in [-0.4, -0.2) is 40.4 Å². The minimum absolute atomic E-state index is 0.0467. The zero-order chi connectivity index (χ0) is 22.3. The first-order valence-electron chi connectivity index (χ1n) is 10.5. The number of amides is 3. The van der Waals surface area contributed by atoms with Crippen LogP contribution >= 0.6 is 11.3 Å². The van der Waals surface area contributed by atoms with Crippen molar-refractivity contribution >= 4 is 23.3 Å². The number of thiophene rings is 1. The zero-order valence-corrected chi connectivity index (χ0v) is 19.9. The predicted molar refractivity (Wildman–Crippen MR) is 124 cm³/mol. The molecule has 30 heavy (non-hydrogen) atoms. The van der Waals surface area contributed by atoms with E-state index >= 15 is 0 Å². The molecule has 0 fully saturated rings. The summed E-state index contributed by atoms with van der Waals surface area (Å²) in [6, 6.07) is 13.9. The van der Waals surface area contributed by atoms with Gasteiger partial charge in [0.25, 0.3) is 0 Å². The Morgan fingerprint density at radius 1 is 1.00 bits per heavy atom. The van der Waals surface area contributed by atoms with Gasteiger partial charge in [-0.15, -0.1) is 11.3 Å². The van der Waals surface area contributed by atoms with Crippen LogP contribution in [0.3, 0.4) is 0 Å². The summed E-state index contributed by atoms with van der Waals surface area (Å²) in [6.07, 6.45) is 0. The molecule has 0 saturated heterocycles. The molecule has 1 heterocycles. The zero-order valence-electron chi connectivity index (χ0n) is 19.1. The van der Waals surface area contributed by atoms with Gasteiger partial charge in [-0.1, -0.05) is 44.2 Å². The minimum atomic E-state index is -0.354. The van der Waals surface area contributed by atoms with Gasteiger partial charge in [-0.25, -0.2) is 4.79 Å². The Morgan fingerprint density at radius 3 is 2.20 bits per heavy atom. The average Bonchev–Trinajstić information content (AvgIpc) is 3.04. The van der Waals surface area contributed by atoms with Crippen molar-refractivity contribution in [1.82, 2.24) is 15.1 Å². The van der Waals surface area contributed by atoms with Crippen LogP contribution in [0.1, 0.15) is 49.9 Å². The number of carbonyl (C=O) groups is 2. The van der Waals surface area contributed by atoms with Gasteiger partial charge >= 0.3 is 6.03 Å². The van der Waals surface area contributed by atoms with Crippen LogP contribution in [0, 0.1) is 12.8 Å². The lowest BCUT2D eigenvalue weighted by Gasteiger charge is -2.31. The number of rotatable bonds is 8. The maximum atomic E-state index is 13.3. The molecule has 0 radical (unpaired) electrons. The highest BCUT2D eigenvalue weighted by molar-refractivity contribution is 7.11. The molecule has 0 aliphatic heterocycles. The van der Waals surface area contributed by atoms with E-state index in [0.29, 0.717) is 19.6 Å². The number of hydrogen-bond acceptors (Lipinski definition) is 3. The van der Waals surface area contributed by atoms with E-state index in [9.17, 15) is 9.59 Å². The summed E-state index contributed by atoms with van der Waals surface area (Å²) in [6.45, 7) is 13.7. The van der Waals surface area contributed by atoms with Crippen molar-refractivity contribution in [3.05, 3.63) is 57.8 Å². The van der Waals surface area contributed by atoms with Crippen molar-refractivity contribution in [2.75, 3.05) is 13.1 Å². The Balaban J connectivity index is 2.19. The van der Waals surface area contributed by atoms with Gasteiger partial charge in [0.2, 0.25) is 5.91 Å². The fourth-order valence-corrected chi connectivity index (χ4v) is 4.02. The summed E-state index contributed by atoms with van der Waals surface area (Å²) in [4.78, 5) is 32.0. The van der Waals surface area contributed by atoms with Gasteiger partial charge in [-0.2, -0.15) is 0 Å². The summed E-state index contributed by atoms with van der Waals surface area (Å²) in [5.41, 5.74) is 0.724. The molecule has 0 saturated carbocycles. The molecule has 2 rings (SSSR count). The number of aryl methyl sites for hydroxylation is 1. The lowest BCUT2D eigenvalue weighted by Crippen LogP contribution is -2.52. The summed E-state index contributed by atoms with van der Waals surface area (Å²) in [7, 11) is 0. The number of urea groups is 1. The van der Waals surface area contributed by atoms with Crippen LogP contribution in [0.4, 0.5) is 4.79 Å². The first kappa shape index (κ1) is 23.9. The van der Waals surface area contributed by atoms with Crippen molar-refractivity contribution in [2.24, 2.45) is 5.92 Å². The van der Waals surface area contributed by atoms with Gasteiger partial charge in [-0.05, 0) is 51.3 Å². The van der Waals surface area contributed by atoms with Gasteiger partial charge in [0.15, 0.2) is 0 Å². The van der Waals surface area contributed by atoms with E-state index in [-0.39, 0.29) is 29.9 Å². The molecule has 3 amide bonds. The molecule has 0 aliphatic carbocycles. The third kappa shape index (κ3) is 8.19. The second kappa shape index (κ2) is 10.6. The molecule has 5 nitrogen and oxygen atoms in total. The fraction of sp³-hybridized carbons (Fsp3) is 0.500. The van der Waals surface area contributed by atoms with E-state index < -0.39 is 0 Å². The average molecular weight is 430 g/mol. The lowest BCUT2D eigenvalue weighted by molar-refractivity contribution is -0.133. The highest BCUT2D eigenvalue weighted by Gasteiger charge is 2.25. The second-order valence-corrected chi connectivity index (χ2v) is 10.6. The molecule has 0 atom stereocenters. The Morgan fingerprint density at radius 2 is 1.67 bits per heavy atom. The molecule has 0 bridgehead atoms. The molecule has 164 valence electrons. The third-order valence-electron chi connectivity index (χ3n) is 4.39. The van der Waals surface area contributed by atoms with Crippen molar-refractivity contribution in [3.63, 3.8) is 0 Å². The molecule has 1 aromatic heterocycles. The Kier molecular flexibility index (Phi) is 8.47. The van der Waals surface area contributed by atoms with E-state index in [1.807, 2.05) is 56.0 Å². The Hall–Kier alpha value is -2.34. The molecule has 1 aromatic carbocycles. The quantitative estimate of drug-likeness (QED) is 0.638. The minimum Gasteiger partial charge on any atom is -0.333 e. The monoisotopic (exact) mass is 429 g/mol. The molecule has 0 aliphatic rings. The standard InChI is InChI=1S/C24H35N3O2S/c1-18(2)14-27(23(29)25-24(4,5)6)17-22(28)26(15-20-10-8-7-9-11-20)16-21-13-12-19(3)30-21/h7-13,18H,14-17H2,1-6H3,(H,25,29). The van der Waals surface area contributed by atoms with Crippen molar-refractivity contribution in [3.8, 4) is 0 Å². The molecule has 0 unspecified atom stereocenters. The van der Waals surface area contributed by atoms with Crippen LogP contribution in [0.5, 0.6) is 0 Å². The fourth-order valence-electron chi connectivity index (χ4n) is 3.12. The van der Waals surface area contributed by atoms with E-state index in [0.717, 1.165) is 10.4 Å². The molecule has 1 N–H and O–H groups in total. The van der Waals surface area contributed by atoms with Gasteiger partial charge < -0.3 is 15.1 Å². The predicted octanol–water partition coefficient (Wildman–Crippen LogP) is 5.05. The van der Waals surface area contributed by atoms with Gasteiger partial charge in [-0.3, -0.25) is 4.79 Å². The van der Waals surface area contributed by atoms with E-state index in [1.54, 1.807) is 16.2 Å². The normalized spacial score (nSPS) is 11.4. The van der Waals surface area contributed by atoms with E-state index in [2.05, 4.69) is 38.2 Å². The molecule has 0 spiro atoms. The maximum absolute atomic E-state index is 13.3. The Bertz CT molecular complexity index is 824. The van der Waals surface area contributed by atoms with Crippen LogP contribution in [0.25, 0.3) is 0 Å². The molecule has 2 aromatic rings. The number of benzene rings is 1. The summed E-state index contributed by atoms with van der Waals surface area (Å²) < 4.78 is 0. The first-order valence-corrected chi connectivity index (χ1v) is 11.3. The first-order chi connectivity index (χ1) is 14.0.